The van der Waals surface area contributed by atoms with Crippen LogP contribution in [-0.2, 0) is 13.1 Å². The van der Waals surface area contributed by atoms with E-state index >= 15 is 0 Å². The number of aryl methyl sites for hydroxylation is 1. The third-order valence-corrected chi connectivity index (χ3v) is 3.70. The summed E-state index contributed by atoms with van der Waals surface area (Å²) < 4.78 is 2.40. The highest BCUT2D eigenvalue weighted by Crippen LogP contribution is 2.20. The first-order valence-electron chi connectivity index (χ1n) is 5.64. The number of rotatable bonds is 5. The molecular weight excluding hydrogens is 270 g/mol. The second kappa shape index (κ2) is 6.13. The van der Waals surface area contributed by atoms with Gasteiger partial charge in [0, 0.05) is 36.4 Å². The average Bonchev–Trinajstić information content (AvgIpc) is 2.73. The maximum absolute atomic E-state index is 11.5. The van der Waals surface area contributed by atoms with E-state index in [4.69, 9.17) is 11.6 Å². The summed E-state index contributed by atoms with van der Waals surface area (Å²) in [6.07, 6.45) is 1.77. The molecule has 0 radical (unpaired) electrons. The maximum Gasteiger partial charge on any atom is 0.347 e. The molecule has 0 fully saturated rings. The lowest BCUT2D eigenvalue weighted by Gasteiger charge is -2.06. The van der Waals surface area contributed by atoms with Crippen molar-refractivity contribution in [3.05, 3.63) is 49.8 Å². The Balaban J connectivity index is 1.80. The predicted octanol–water partition coefficient (Wildman–Crippen LogP) is 2.06. The molecule has 2 heterocycles. The first kappa shape index (κ1) is 13.3. The number of hydrogen-bond donors (Lipinski definition) is 1. The Hall–Kier alpha value is -1.17. The second-order valence-corrected chi connectivity index (χ2v) is 5.73. The molecule has 0 aliphatic rings. The summed E-state index contributed by atoms with van der Waals surface area (Å²) in [6.45, 7) is 3.92. The van der Waals surface area contributed by atoms with Crippen LogP contribution in [0, 0.1) is 6.92 Å². The van der Waals surface area contributed by atoms with Crippen LogP contribution in [0.5, 0.6) is 0 Å². The van der Waals surface area contributed by atoms with Gasteiger partial charge in [0.1, 0.15) is 0 Å². The van der Waals surface area contributed by atoms with E-state index in [2.05, 4.69) is 10.3 Å². The summed E-state index contributed by atoms with van der Waals surface area (Å²) in [6, 6.07) is 5.72. The van der Waals surface area contributed by atoms with E-state index in [0.29, 0.717) is 6.54 Å². The van der Waals surface area contributed by atoms with Gasteiger partial charge in [-0.1, -0.05) is 11.6 Å². The molecular formula is C12H14ClN3OS. The lowest BCUT2D eigenvalue weighted by molar-refractivity contribution is 0.576. The van der Waals surface area contributed by atoms with Crippen LogP contribution in [0.4, 0.5) is 0 Å². The molecule has 0 saturated heterocycles. The molecule has 18 heavy (non-hydrogen) atoms. The molecule has 0 aliphatic heterocycles. The van der Waals surface area contributed by atoms with Crippen molar-refractivity contribution < 1.29 is 0 Å². The molecule has 96 valence electrons. The van der Waals surface area contributed by atoms with Crippen LogP contribution in [-0.4, -0.2) is 16.1 Å². The number of hydrogen-bond acceptors (Lipinski definition) is 4. The summed E-state index contributed by atoms with van der Waals surface area (Å²) in [5, 5.41) is 3.27. The molecule has 0 amide bonds. The lowest BCUT2D eigenvalue weighted by atomic mass is 10.4. The van der Waals surface area contributed by atoms with E-state index < -0.39 is 0 Å². The molecule has 0 bridgehead atoms. The highest BCUT2D eigenvalue weighted by molar-refractivity contribution is 7.16. The zero-order valence-corrected chi connectivity index (χ0v) is 11.6. The minimum absolute atomic E-state index is 0.198. The monoisotopic (exact) mass is 283 g/mol. The molecule has 1 N–H and O–H groups in total. The van der Waals surface area contributed by atoms with Crippen molar-refractivity contribution in [1.82, 2.24) is 14.9 Å². The standard InChI is InChI=1S/C12H14ClN3OS/c1-9-4-6-16(12(17)15-9)7-5-14-8-10-2-3-11(13)18-10/h2-4,6,14H,5,7-8H2,1H3. The smallest absolute Gasteiger partial charge is 0.310 e. The Bertz CT molecular complexity index is 579. The number of aromatic nitrogens is 2. The van der Waals surface area contributed by atoms with E-state index in [-0.39, 0.29) is 5.69 Å². The summed E-state index contributed by atoms with van der Waals surface area (Å²) in [5.41, 5.74) is 0.549. The highest BCUT2D eigenvalue weighted by atomic mass is 35.5. The van der Waals surface area contributed by atoms with E-state index in [1.807, 2.05) is 25.1 Å². The molecule has 0 saturated carbocycles. The minimum Gasteiger partial charge on any atom is -0.310 e. The van der Waals surface area contributed by atoms with Gasteiger partial charge in [0.05, 0.1) is 4.34 Å². The third kappa shape index (κ3) is 3.66. The molecule has 2 rings (SSSR count). The molecule has 0 aliphatic carbocycles. The van der Waals surface area contributed by atoms with Gasteiger partial charge in [-0.05, 0) is 25.1 Å². The van der Waals surface area contributed by atoms with Crippen LogP contribution < -0.4 is 11.0 Å². The van der Waals surface area contributed by atoms with E-state index in [1.165, 1.54) is 4.88 Å². The second-order valence-electron chi connectivity index (χ2n) is 3.93. The van der Waals surface area contributed by atoms with Crippen LogP contribution in [0.3, 0.4) is 0 Å². The Morgan fingerprint density at radius 3 is 2.94 bits per heavy atom. The molecule has 0 atom stereocenters. The average molecular weight is 284 g/mol. The molecule has 0 spiro atoms. The number of nitrogens with zero attached hydrogens (tertiary/aromatic N) is 2. The largest absolute Gasteiger partial charge is 0.347 e. The van der Waals surface area contributed by atoms with E-state index in [1.54, 1.807) is 22.1 Å². The summed E-state index contributed by atoms with van der Waals surface area (Å²) >= 11 is 7.40. The van der Waals surface area contributed by atoms with Crippen molar-refractivity contribution in [2.75, 3.05) is 6.54 Å². The third-order valence-electron chi connectivity index (χ3n) is 2.47. The molecule has 2 aromatic rings. The Labute approximate surface area is 114 Å². The first-order chi connectivity index (χ1) is 8.65. The Morgan fingerprint density at radius 2 is 2.28 bits per heavy atom. The van der Waals surface area contributed by atoms with Crippen molar-refractivity contribution in [2.24, 2.45) is 0 Å². The Kier molecular flexibility index (Phi) is 4.52. The van der Waals surface area contributed by atoms with Gasteiger partial charge in [0.25, 0.3) is 0 Å². The fraction of sp³-hybridized carbons (Fsp3) is 0.333. The molecule has 4 nitrogen and oxygen atoms in total. The van der Waals surface area contributed by atoms with Crippen molar-refractivity contribution in [3.63, 3.8) is 0 Å². The topological polar surface area (TPSA) is 46.9 Å². The molecule has 2 aromatic heterocycles. The highest BCUT2D eigenvalue weighted by Gasteiger charge is 1.99. The van der Waals surface area contributed by atoms with Gasteiger partial charge in [-0.3, -0.25) is 4.57 Å². The van der Waals surface area contributed by atoms with Gasteiger partial charge in [-0.15, -0.1) is 11.3 Å². The predicted molar refractivity (Wildman–Crippen MR) is 74.3 cm³/mol. The van der Waals surface area contributed by atoms with E-state index in [0.717, 1.165) is 23.1 Å². The van der Waals surface area contributed by atoms with Gasteiger partial charge in [0.2, 0.25) is 0 Å². The van der Waals surface area contributed by atoms with Crippen LogP contribution in [0.2, 0.25) is 4.34 Å². The van der Waals surface area contributed by atoms with Crippen LogP contribution in [0.25, 0.3) is 0 Å². The van der Waals surface area contributed by atoms with Crippen molar-refractivity contribution >= 4 is 22.9 Å². The molecule has 0 aromatic carbocycles. The number of halogens is 1. The van der Waals surface area contributed by atoms with Crippen molar-refractivity contribution in [2.45, 2.75) is 20.0 Å². The van der Waals surface area contributed by atoms with Crippen molar-refractivity contribution in [3.8, 4) is 0 Å². The van der Waals surface area contributed by atoms with Gasteiger partial charge in [-0.2, -0.15) is 4.98 Å². The Morgan fingerprint density at radius 1 is 1.44 bits per heavy atom. The zero-order chi connectivity index (χ0) is 13.0. The lowest BCUT2D eigenvalue weighted by Crippen LogP contribution is -2.28. The van der Waals surface area contributed by atoms with Gasteiger partial charge < -0.3 is 5.32 Å². The van der Waals surface area contributed by atoms with Crippen LogP contribution in [0.15, 0.2) is 29.2 Å². The quantitative estimate of drug-likeness (QED) is 0.855. The summed E-state index contributed by atoms with van der Waals surface area (Å²) in [7, 11) is 0. The first-order valence-corrected chi connectivity index (χ1v) is 6.83. The molecule has 0 unspecified atom stereocenters. The van der Waals surface area contributed by atoms with Gasteiger partial charge in [-0.25, -0.2) is 4.79 Å². The molecule has 6 heteroatoms. The number of thiophene rings is 1. The van der Waals surface area contributed by atoms with Crippen LogP contribution >= 0.6 is 22.9 Å². The fourth-order valence-electron chi connectivity index (χ4n) is 1.54. The summed E-state index contributed by atoms with van der Waals surface area (Å²) in [5.74, 6) is 0. The van der Waals surface area contributed by atoms with Gasteiger partial charge in [0.15, 0.2) is 0 Å². The fourth-order valence-corrected chi connectivity index (χ4v) is 2.60. The van der Waals surface area contributed by atoms with Gasteiger partial charge >= 0.3 is 5.69 Å². The zero-order valence-electron chi connectivity index (χ0n) is 10.0. The summed E-state index contributed by atoms with van der Waals surface area (Å²) in [4.78, 5) is 16.6. The SMILES string of the molecule is Cc1ccn(CCNCc2ccc(Cl)s2)c(=O)n1. The van der Waals surface area contributed by atoms with Crippen molar-refractivity contribution in [1.29, 1.82) is 0 Å². The minimum atomic E-state index is -0.198. The number of nitrogens with one attached hydrogen (secondary N) is 1. The maximum atomic E-state index is 11.5. The van der Waals surface area contributed by atoms with Crippen LogP contribution in [0.1, 0.15) is 10.6 Å². The van der Waals surface area contributed by atoms with E-state index in [9.17, 15) is 4.79 Å². The normalized spacial score (nSPS) is 10.8.